The van der Waals surface area contributed by atoms with E-state index in [1.165, 1.54) is 20.3 Å². The average molecular weight is 271 g/mol. The van der Waals surface area contributed by atoms with Gasteiger partial charge in [-0.15, -0.1) is 0 Å². The molecule has 0 radical (unpaired) electrons. The van der Waals surface area contributed by atoms with Gasteiger partial charge >= 0.3 is 5.97 Å². The zero-order valence-electron chi connectivity index (χ0n) is 10.9. The van der Waals surface area contributed by atoms with Gasteiger partial charge < -0.3 is 23.9 Å². The summed E-state index contributed by atoms with van der Waals surface area (Å²) in [7, 11) is 2.99. The molecule has 1 rings (SSSR count). The highest BCUT2D eigenvalue weighted by atomic mass is 16.5. The van der Waals surface area contributed by atoms with Crippen molar-refractivity contribution in [2.45, 2.75) is 6.61 Å². The Morgan fingerprint density at radius 2 is 2.05 bits per heavy atom. The molecule has 0 aliphatic rings. The Hall–Kier alpha value is -1.86. The van der Waals surface area contributed by atoms with Gasteiger partial charge in [0.2, 0.25) is 0 Å². The van der Waals surface area contributed by atoms with E-state index in [0.29, 0.717) is 5.76 Å². The Morgan fingerprint density at radius 1 is 1.32 bits per heavy atom. The van der Waals surface area contributed by atoms with E-state index in [1.54, 1.807) is 6.07 Å². The van der Waals surface area contributed by atoms with Gasteiger partial charge in [-0.25, -0.2) is 0 Å². The molecule has 0 aliphatic heterocycles. The number of nitrogens with zero attached hydrogens (tertiary/aromatic N) is 1. The van der Waals surface area contributed by atoms with Gasteiger partial charge in [-0.3, -0.25) is 9.59 Å². The van der Waals surface area contributed by atoms with Crippen LogP contribution in [0.25, 0.3) is 0 Å². The van der Waals surface area contributed by atoms with Gasteiger partial charge in [0.15, 0.2) is 5.76 Å². The van der Waals surface area contributed by atoms with Crippen LogP contribution < -0.4 is 0 Å². The highest BCUT2D eigenvalue weighted by Gasteiger charge is 2.21. The first-order chi connectivity index (χ1) is 9.08. The molecule has 7 nitrogen and oxygen atoms in total. The molecule has 0 aliphatic carbocycles. The molecule has 0 atom stereocenters. The zero-order chi connectivity index (χ0) is 14.3. The van der Waals surface area contributed by atoms with Crippen LogP contribution in [-0.2, 0) is 20.9 Å². The van der Waals surface area contributed by atoms with Crippen molar-refractivity contribution < 1.29 is 28.6 Å². The Morgan fingerprint density at radius 3 is 2.63 bits per heavy atom. The van der Waals surface area contributed by atoms with Crippen LogP contribution in [0.15, 0.2) is 16.5 Å². The second-order valence-electron chi connectivity index (χ2n) is 3.81. The maximum absolute atomic E-state index is 12.1. The third-order valence-corrected chi connectivity index (χ3v) is 2.34. The molecule has 0 spiro atoms. The fraction of sp³-hybridized carbons (Fsp3) is 0.500. The number of furan rings is 1. The number of carbonyl (C=O) groups is 2. The van der Waals surface area contributed by atoms with Gasteiger partial charge in [0.05, 0.1) is 6.61 Å². The fourth-order valence-electron chi connectivity index (χ4n) is 1.49. The quantitative estimate of drug-likeness (QED) is 0.744. The minimum Gasteiger partial charge on any atom is -0.480 e. The van der Waals surface area contributed by atoms with Crippen LogP contribution in [0.5, 0.6) is 0 Å². The predicted octanol–water partition coefficient (Wildman–Crippen LogP) is 0.599. The molecular weight excluding hydrogens is 254 g/mol. The first-order valence-electron chi connectivity index (χ1n) is 5.66. The Balaban J connectivity index is 2.75. The summed E-state index contributed by atoms with van der Waals surface area (Å²) in [4.78, 5) is 24.0. The number of rotatable bonds is 8. The maximum atomic E-state index is 12.1. The van der Waals surface area contributed by atoms with Crippen LogP contribution in [-0.4, -0.2) is 55.8 Å². The van der Waals surface area contributed by atoms with Crippen molar-refractivity contribution >= 4 is 11.9 Å². The highest BCUT2D eigenvalue weighted by Crippen LogP contribution is 2.11. The minimum absolute atomic E-state index is 0.0874. The van der Waals surface area contributed by atoms with Crippen molar-refractivity contribution in [3.63, 3.8) is 0 Å². The molecule has 1 aromatic heterocycles. The number of amides is 1. The van der Waals surface area contributed by atoms with Gasteiger partial charge in [-0.2, -0.15) is 0 Å². The highest BCUT2D eigenvalue weighted by molar-refractivity contribution is 5.93. The SMILES string of the molecule is COCCN(CC(=O)O)C(=O)c1ccc(COC)o1. The number of hydrogen-bond acceptors (Lipinski definition) is 5. The number of methoxy groups -OCH3 is 2. The first kappa shape index (κ1) is 15.2. The molecule has 0 unspecified atom stereocenters. The smallest absolute Gasteiger partial charge is 0.323 e. The van der Waals surface area contributed by atoms with Crippen molar-refractivity contribution in [1.82, 2.24) is 4.90 Å². The molecule has 106 valence electrons. The lowest BCUT2D eigenvalue weighted by atomic mass is 10.3. The second kappa shape index (κ2) is 7.55. The van der Waals surface area contributed by atoms with Crippen LogP contribution in [0.2, 0.25) is 0 Å². The number of hydrogen-bond donors (Lipinski definition) is 1. The predicted molar refractivity (Wildman–Crippen MR) is 64.8 cm³/mol. The van der Waals surface area contributed by atoms with Crippen molar-refractivity contribution in [1.29, 1.82) is 0 Å². The van der Waals surface area contributed by atoms with Crippen molar-refractivity contribution in [3.8, 4) is 0 Å². The lowest BCUT2D eigenvalue weighted by molar-refractivity contribution is -0.137. The molecule has 1 N–H and O–H groups in total. The Bertz CT molecular complexity index is 428. The topological polar surface area (TPSA) is 89.2 Å². The van der Waals surface area contributed by atoms with Crippen LogP contribution >= 0.6 is 0 Å². The van der Waals surface area contributed by atoms with E-state index in [1.807, 2.05) is 0 Å². The van der Waals surface area contributed by atoms with E-state index in [0.717, 1.165) is 4.90 Å². The molecule has 0 bridgehead atoms. The van der Waals surface area contributed by atoms with Crippen LogP contribution in [0.1, 0.15) is 16.3 Å². The van der Waals surface area contributed by atoms with E-state index in [9.17, 15) is 9.59 Å². The lowest BCUT2D eigenvalue weighted by Crippen LogP contribution is -2.37. The van der Waals surface area contributed by atoms with Gasteiger partial charge in [0.25, 0.3) is 5.91 Å². The lowest BCUT2D eigenvalue weighted by Gasteiger charge is -2.18. The number of aliphatic carboxylic acids is 1. The van der Waals surface area contributed by atoms with E-state index >= 15 is 0 Å². The number of carbonyl (C=O) groups excluding carboxylic acids is 1. The molecule has 0 saturated heterocycles. The van der Waals surface area contributed by atoms with Crippen LogP contribution in [0.4, 0.5) is 0 Å². The molecular formula is C12H17NO6. The Labute approximate surface area is 110 Å². The molecule has 0 fully saturated rings. The van der Waals surface area contributed by atoms with E-state index < -0.39 is 18.4 Å². The molecule has 19 heavy (non-hydrogen) atoms. The standard InChI is InChI=1S/C12H17NO6/c1-17-6-5-13(7-11(14)15)12(16)10-4-3-9(19-10)8-18-2/h3-4H,5-8H2,1-2H3,(H,14,15). The number of carboxylic acids is 1. The summed E-state index contributed by atoms with van der Waals surface area (Å²) in [6.07, 6.45) is 0. The monoisotopic (exact) mass is 271 g/mol. The van der Waals surface area contributed by atoms with Crippen LogP contribution in [0, 0.1) is 0 Å². The van der Waals surface area contributed by atoms with Crippen molar-refractivity contribution in [2.75, 3.05) is 33.9 Å². The van der Waals surface area contributed by atoms with Crippen molar-refractivity contribution in [2.24, 2.45) is 0 Å². The molecule has 0 saturated carbocycles. The summed E-state index contributed by atoms with van der Waals surface area (Å²) in [6.45, 7) is 0.291. The maximum Gasteiger partial charge on any atom is 0.323 e. The van der Waals surface area contributed by atoms with Gasteiger partial charge in [0.1, 0.15) is 18.9 Å². The fourth-order valence-corrected chi connectivity index (χ4v) is 1.49. The third kappa shape index (κ3) is 4.72. The summed E-state index contributed by atoms with van der Waals surface area (Å²) in [6, 6.07) is 3.12. The third-order valence-electron chi connectivity index (χ3n) is 2.34. The summed E-state index contributed by atoms with van der Waals surface area (Å²) in [5, 5.41) is 8.78. The average Bonchev–Trinajstić information content (AvgIpc) is 2.82. The van der Waals surface area contributed by atoms with Crippen LogP contribution in [0.3, 0.4) is 0 Å². The normalized spacial score (nSPS) is 10.4. The van der Waals surface area contributed by atoms with Gasteiger partial charge in [-0.1, -0.05) is 0 Å². The molecule has 0 aromatic carbocycles. The summed E-state index contributed by atoms with van der Waals surface area (Å²) in [5.74, 6) is -0.979. The van der Waals surface area contributed by atoms with Gasteiger partial charge in [-0.05, 0) is 12.1 Å². The molecule has 1 aromatic rings. The summed E-state index contributed by atoms with van der Waals surface area (Å²) >= 11 is 0. The first-order valence-corrected chi connectivity index (χ1v) is 5.66. The summed E-state index contributed by atoms with van der Waals surface area (Å²) in [5.41, 5.74) is 0. The number of carboxylic acid groups (broad SMARTS) is 1. The van der Waals surface area contributed by atoms with Crippen molar-refractivity contribution in [3.05, 3.63) is 23.7 Å². The van der Waals surface area contributed by atoms with E-state index in [-0.39, 0.29) is 25.5 Å². The van der Waals surface area contributed by atoms with E-state index in [4.69, 9.17) is 19.0 Å². The molecule has 1 amide bonds. The van der Waals surface area contributed by atoms with Gasteiger partial charge in [0, 0.05) is 20.8 Å². The van der Waals surface area contributed by atoms with E-state index in [2.05, 4.69) is 0 Å². The largest absolute Gasteiger partial charge is 0.480 e. The zero-order valence-corrected chi connectivity index (χ0v) is 10.9. The summed E-state index contributed by atoms with van der Waals surface area (Å²) < 4.78 is 15.0. The Kier molecular flexibility index (Phi) is 6.04. The second-order valence-corrected chi connectivity index (χ2v) is 3.81. The molecule has 1 heterocycles. The minimum atomic E-state index is -1.09. The molecule has 7 heteroatoms. The number of ether oxygens (including phenoxy) is 2.